The summed E-state index contributed by atoms with van der Waals surface area (Å²) < 4.78 is 0. The molecule has 1 amide bonds. The molecule has 0 aromatic carbocycles. The quantitative estimate of drug-likeness (QED) is 0.676. The lowest BCUT2D eigenvalue weighted by Crippen LogP contribution is -2.24. The first-order valence-corrected chi connectivity index (χ1v) is 5.09. The van der Waals surface area contributed by atoms with E-state index in [4.69, 9.17) is 5.73 Å². The number of carbonyl (C=O) groups excluding carboxylic acids is 1. The number of nitrogens with two attached hydrogens (primary N) is 1. The number of aryl methyl sites for hydroxylation is 1. The molecule has 1 aromatic heterocycles. The van der Waals surface area contributed by atoms with Gasteiger partial charge in [0.05, 0.1) is 0 Å². The normalized spacial score (nSPS) is 11.9. The average Bonchev–Trinajstić information content (AvgIpc) is 2.14. The zero-order valence-corrected chi connectivity index (χ0v) is 9.74. The van der Waals surface area contributed by atoms with Gasteiger partial charge in [-0.2, -0.15) is 4.98 Å². The maximum atomic E-state index is 10.7. The summed E-state index contributed by atoms with van der Waals surface area (Å²) in [5.74, 6) is 0.902. The van der Waals surface area contributed by atoms with Gasteiger partial charge in [-0.05, 0) is 13.8 Å². The van der Waals surface area contributed by atoms with Gasteiger partial charge in [0, 0.05) is 31.3 Å². The lowest BCUT2D eigenvalue weighted by atomic mass is 10.2. The number of nitrogens with one attached hydrogen (secondary N) is 2. The number of primary amides is 1. The number of nitrogens with zero attached hydrogens (tertiary/aromatic N) is 2. The molecule has 0 aliphatic carbocycles. The lowest BCUT2D eigenvalue weighted by Gasteiger charge is -2.13. The minimum absolute atomic E-state index is 0.0449. The van der Waals surface area contributed by atoms with Crippen molar-refractivity contribution in [1.82, 2.24) is 9.97 Å². The second-order valence-electron chi connectivity index (χ2n) is 3.68. The molecule has 0 saturated carbocycles. The Morgan fingerprint density at radius 3 is 2.81 bits per heavy atom. The molecule has 4 N–H and O–H groups in total. The molecule has 6 nitrogen and oxygen atoms in total. The Bertz CT molecular complexity index is 379. The van der Waals surface area contributed by atoms with Crippen LogP contribution in [0.1, 0.15) is 19.0 Å². The molecule has 6 heteroatoms. The fraction of sp³-hybridized carbons (Fsp3) is 0.500. The minimum Gasteiger partial charge on any atom is -0.370 e. The van der Waals surface area contributed by atoms with Crippen LogP contribution in [-0.4, -0.2) is 29.0 Å². The fourth-order valence-corrected chi connectivity index (χ4v) is 1.36. The monoisotopic (exact) mass is 223 g/mol. The molecule has 0 spiro atoms. The topological polar surface area (TPSA) is 92.9 Å². The maximum absolute atomic E-state index is 10.7. The summed E-state index contributed by atoms with van der Waals surface area (Å²) in [5, 5.41) is 5.97. The van der Waals surface area contributed by atoms with Crippen LogP contribution in [0.5, 0.6) is 0 Å². The third-order valence-electron chi connectivity index (χ3n) is 1.98. The van der Waals surface area contributed by atoms with E-state index in [9.17, 15) is 4.79 Å². The van der Waals surface area contributed by atoms with Gasteiger partial charge in [-0.1, -0.05) is 0 Å². The molecule has 1 atom stereocenters. The van der Waals surface area contributed by atoms with Gasteiger partial charge in [0.15, 0.2) is 0 Å². The van der Waals surface area contributed by atoms with Gasteiger partial charge in [0.1, 0.15) is 5.82 Å². The van der Waals surface area contributed by atoms with Crippen LogP contribution in [-0.2, 0) is 4.79 Å². The zero-order valence-electron chi connectivity index (χ0n) is 9.74. The van der Waals surface area contributed by atoms with Crippen LogP contribution < -0.4 is 16.4 Å². The van der Waals surface area contributed by atoms with Crippen molar-refractivity contribution in [3.8, 4) is 0 Å². The van der Waals surface area contributed by atoms with E-state index in [1.54, 1.807) is 7.05 Å². The summed E-state index contributed by atoms with van der Waals surface area (Å²) in [6.07, 6.45) is 0.276. The average molecular weight is 223 g/mol. The summed E-state index contributed by atoms with van der Waals surface area (Å²) in [4.78, 5) is 19.1. The highest BCUT2D eigenvalue weighted by atomic mass is 16.1. The summed E-state index contributed by atoms with van der Waals surface area (Å²) in [7, 11) is 1.76. The fourth-order valence-electron chi connectivity index (χ4n) is 1.36. The molecule has 1 rings (SSSR count). The third-order valence-corrected chi connectivity index (χ3v) is 1.98. The standard InChI is InChI=1S/C10H17N5O/c1-6(4-8(11)16)13-9-5-7(2)14-10(12-3)15-9/h5-6H,4H2,1-3H3,(H2,11,16)(H2,12,13,14,15). The molecule has 0 fully saturated rings. The van der Waals surface area contributed by atoms with E-state index < -0.39 is 0 Å². The van der Waals surface area contributed by atoms with E-state index in [2.05, 4.69) is 20.6 Å². The highest BCUT2D eigenvalue weighted by Crippen LogP contribution is 2.10. The van der Waals surface area contributed by atoms with Gasteiger partial charge in [0.25, 0.3) is 0 Å². The van der Waals surface area contributed by atoms with Gasteiger partial charge >= 0.3 is 0 Å². The van der Waals surface area contributed by atoms with Crippen LogP contribution in [0, 0.1) is 6.92 Å². The molecule has 0 saturated heterocycles. The van der Waals surface area contributed by atoms with Crippen LogP contribution >= 0.6 is 0 Å². The smallest absolute Gasteiger partial charge is 0.224 e. The van der Waals surface area contributed by atoms with Crippen molar-refractivity contribution >= 4 is 17.7 Å². The van der Waals surface area contributed by atoms with E-state index in [-0.39, 0.29) is 18.4 Å². The van der Waals surface area contributed by atoms with Crippen molar-refractivity contribution in [2.24, 2.45) is 5.73 Å². The first kappa shape index (κ1) is 12.2. The molecular formula is C10H17N5O. The van der Waals surface area contributed by atoms with Crippen LogP contribution in [0.15, 0.2) is 6.07 Å². The Morgan fingerprint density at radius 1 is 1.56 bits per heavy atom. The number of rotatable bonds is 5. The largest absolute Gasteiger partial charge is 0.370 e. The highest BCUT2D eigenvalue weighted by molar-refractivity contribution is 5.74. The Morgan fingerprint density at radius 2 is 2.25 bits per heavy atom. The third kappa shape index (κ3) is 3.72. The van der Waals surface area contributed by atoms with Gasteiger partial charge in [-0.25, -0.2) is 4.98 Å². The summed E-state index contributed by atoms with van der Waals surface area (Å²) in [6, 6.07) is 1.77. The molecule has 0 radical (unpaired) electrons. The van der Waals surface area contributed by atoms with Crippen molar-refractivity contribution in [2.45, 2.75) is 26.3 Å². The van der Waals surface area contributed by atoms with E-state index >= 15 is 0 Å². The Hall–Kier alpha value is -1.85. The Balaban J connectivity index is 2.72. The number of anilines is 2. The first-order valence-electron chi connectivity index (χ1n) is 5.09. The molecular weight excluding hydrogens is 206 g/mol. The van der Waals surface area contributed by atoms with Crippen LogP contribution in [0.25, 0.3) is 0 Å². The van der Waals surface area contributed by atoms with Gasteiger partial charge in [-0.3, -0.25) is 4.79 Å². The van der Waals surface area contributed by atoms with E-state index in [0.717, 1.165) is 5.69 Å². The zero-order chi connectivity index (χ0) is 12.1. The molecule has 0 aliphatic heterocycles. The number of aromatic nitrogens is 2. The predicted molar refractivity (Wildman–Crippen MR) is 63.2 cm³/mol. The highest BCUT2D eigenvalue weighted by Gasteiger charge is 2.07. The molecule has 88 valence electrons. The van der Waals surface area contributed by atoms with Crippen LogP contribution in [0.4, 0.5) is 11.8 Å². The van der Waals surface area contributed by atoms with Crippen molar-refractivity contribution in [2.75, 3.05) is 17.7 Å². The lowest BCUT2D eigenvalue weighted by molar-refractivity contribution is -0.118. The van der Waals surface area contributed by atoms with E-state index in [1.807, 2.05) is 19.9 Å². The summed E-state index contributed by atoms with van der Waals surface area (Å²) in [5.41, 5.74) is 5.96. The van der Waals surface area contributed by atoms with Crippen molar-refractivity contribution < 1.29 is 4.79 Å². The van der Waals surface area contributed by atoms with E-state index in [0.29, 0.717) is 11.8 Å². The van der Waals surface area contributed by atoms with Crippen molar-refractivity contribution in [3.63, 3.8) is 0 Å². The van der Waals surface area contributed by atoms with Crippen molar-refractivity contribution in [1.29, 1.82) is 0 Å². The first-order chi connectivity index (χ1) is 7.51. The Kier molecular flexibility index (Phi) is 4.04. The second-order valence-corrected chi connectivity index (χ2v) is 3.68. The molecule has 1 unspecified atom stereocenters. The van der Waals surface area contributed by atoms with Gasteiger partial charge in [-0.15, -0.1) is 0 Å². The maximum Gasteiger partial charge on any atom is 0.224 e. The van der Waals surface area contributed by atoms with Crippen molar-refractivity contribution in [3.05, 3.63) is 11.8 Å². The van der Waals surface area contributed by atoms with Crippen LogP contribution in [0.2, 0.25) is 0 Å². The number of hydrogen-bond donors (Lipinski definition) is 3. The summed E-state index contributed by atoms with van der Waals surface area (Å²) >= 11 is 0. The molecule has 0 bridgehead atoms. The molecule has 1 aromatic rings. The molecule has 1 heterocycles. The SMILES string of the molecule is CNc1nc(C)cc(NC(C)CC(N)=O)n1. The predicted octanol–water partition coefficient (Wildman–Crippen LogP) is 0.503. The summed E-state index contributed by atoms with van der Waals surface area (Å²) in [6.45, 7) is 3.76. The molecule has 16 heavy (non-hydrogen) atoms. The van der Waals surface area contributed by atoms with E-state index in [1.165, 1.54) is 0 Å². The van der Waals surface area contributed by atoms with Gasteiger partial charge < -0.3 is 16.4 Å². The number of carbonyl (C=O) groups is 1. The van der Waals surface area contributed by atoms with Crippen LogP contribution in [0.3, 0.4) is 0 Å². The number of hydrogen-bond acceptors (Lipinski definition) is 5. The van der Waals surface area contributed by atoms with Gasteiger partial charge in [0.2, 0.25) is 11.9 Å². The number of amides is 1. The minimum atomic E-state index is -0.334. The second kappa shape index (κ2) is 5.29. The Labute approximate surface area is 94.7 Å². The molecule has 0 aliphatic rings.